The first-order chi connectivity index (χ1) is 9.22. The molecular weight excluding hydrogens is 242 g/mol. The second-order valence-electron chi connectivity index (χ2n) is 4.50. The number of rotatable bonds is 6. The molecule has 5 heteroatoms. The molecule has 19 heavy (non-hydrogen) atoms. The lowest BCUT2D eigenvalue weighted by Gasteiger charge is -2.03. The third-order valence-electron chi connectivity index (χ3n) is 2.97. The summed E-state index contributed by atoms with van der Waals surface area (Å²) in [5, 5.41) is 3.95. The van der Waals surface area contributed by atoms with Gasteiger partial charge in [-0.2, -0.15) is 4.98 Å². The highest BCUT2D eigenvalue weighted by molar-refractivity contribution is 5.53. The number of nitrogens with two attached hydrogens (primary N) is 1. The van der Waals surface area contributed by atoms with Gasteiger partial charge in [-0.1, -0.05) is 17.3 Å². The predicted octanol–water partition coefficient (Wildman–Crippen LogP) is 1.82. The van der Waals surface area contributed by atoms with Crippen molar-refractivity contribution in [3.63, 3.8) is 0 Å². The molecule has 0 aliphatic heterocycles. The molecule has 2 aromatic rings. The van der Waals surface area contributed by atoms with E-state index in [4.69, 9.17) is 15.0 Å². The molecule has 0 saturated carbocycles. The van der Waals surface area contributed by atoms with E-state index in [9.17, 15) is 0 Å². The molecule has 0 radical (unpaired) electrons. The van der Waals surface area contributed by atoms with E-state index in [0.717, 1.165) is 12.0 Å². The Hall–Kier alpha value is -1.72. The number of aromatic nitrogens is 2. The van der Waals surface area contributed by atoms with Crippen LogP contribution in [-0.4, -0.2) is 29.9 Å². The van der Waals surface area contributed by atoms with Gasteiger partial charge in [0.25, 0.3) is 5.89 Å². The van der Waals surface area contributed by atoms with Crippen LogP contribution in [0.25, 0.3) is 11.5 Å². The molecule has 2 N–H and O–H groups in total. The van der Waals surface area contributed by atoms with Crippen LogP contribution in [-0.2, 0) is 17.6 Å². The maximum Gasteiger partial charge on any atom is 0.257 e. The molecular formula is C14H19N3O2. The molecule has 0 saturated heterocycles. The maximum absolute atomic E-state index is 5.52. The summed E-state index contributed by atoms with van der Waals surface area (Å²) in [6.45, 7) is 2.62. The molecule has 1 heterocycles. The van der Waals surface area contributed by atoms with Crippen molar-refractivity contribution in [2.75, 3.05) is 13.7 Å². The molecule has 1 aromatic carbocycles. The first-order valence-electron chi connectivity index (χ1n) is 6.37. The summed E-state index contributed by atoms with van der Waals surface area (Å²) in [6, 6.07) is 8.01. The highest BCUT2D eigenvalue weighted by Gasteiger charge is 2.11. The van der Waals surface area contributed by atoms with Crippen LogP contribution in [0.2, 0.25) is 0 Å². The Balaban J connectivity index is 2.09. The minimum absolute atomic E-state index is 0.0809. The van der Waals surface area contributed by atoms with Gasteiger partial charge in [0, 0.05) is 19.1 Å². The zero-order chi connectivity index (χ0) is 13.7. The zero-order valence-corrected chi connectivity index (χ0v) is 11.3. The van der Waals surface area contributed by atoms with Crippen LogP contribution in [0.15, 0.2) is 28.8 Å². The summed E-state index contributed by atoms with van der Waals surface area (Å²) in [4.78, 5) is 4.36. The minimum Gasteiger partial charge on any atom is -0.381 e. The smallest absolute Gasteiger partial charge is 0.257 e. The van der Waals surface area contributed by atoms with Crippen molar-refractivity contribution in [2.45, 2.75) is 25.9 Å². The average molecular weight is 261 g/mol. The van der Waals surface area contributed by atoms with Crippen LogP contribution in [0.4, 0.5) is 0 Å². The van der Waals surface area contributed by atoms with Gasteiger partial charge in [-0.05, 0) is 37.6 Å². The van der Waals surface area contributed by atoms with Crippen molar-refractivity contribution in [3.05, 3.63) is 35.7 Å². The Labute approximate surface area is 112 Å². The molecule has 0 fully saturated rings. The van der Waals surface area contributed by atoms with Crippen molar-refractivity contribution in [1.82, 2.24) is 10.1 Å². The largest absolute Gasteiger partial charge is 0.381 e. The van der Waals surface area contributed by atoms with Crippen molar-refractivity contribution in [1.29, 1.82) is 0 Å². The topological polar surface area (TPSA) is 74.2 Å². The lowest BCUT2D eigenvalue weighted by atomic mass is 10.1. The van der Waals surface area contributed by atoms with Crippen molar-refractivity contribution in [2.24, 2.45) is 5.73 Å². The van der Waals surface area contributed by atoms with E-state index in [2.05, 4.69) is 10.1 Å². The second-order valence-corrected chi connectivity index (χ2v) is 4.50. The van der Waals surface area contributed by atoms with E-state index in [1.807, 2.05) is 31.2 Å². The van der Waals surface area contributed by atoms with Gasteiger partial charge in [0.1, 0.15) is 0 Å². The fourth-order valence-corrected chi connectivity index (χ4v) is 1.78. The molecule has 0 bridgehead atoms. The fraction of sp³-hybridized carbons (Fsp3) is 0.429. The lowest BCUT2D eigenvalue weighted by molar-refractivity contribution is 0.116. The monoisotopic (exact) mass is 261 g/mol. The summed E-state index contributed by atoms with van der Waals surface area (Å²) >= 11 is 0. The van der Waals surface area contributed by atoms with Crippen molar-refractivity contribution >= 4 is 0 Å². The van der Waals surface area contributed by atoms with E-state index in [1.165, 1.54) is 5.56 Å². The summed E-state index contributed by atoms with van der Waals surface area (Å²) in [5.74, 6) is 1.20. The summed E-state index contributed by atoms with van der Waals surface area (Å²) in [7, 11) is 1.67. The van der Waals surface area contributed by atoms with Crippen LogP contribution < -0.4 is 5.73 Å². The van der Waals surface area contributed by atoms with E-state index in [1.54, 1.807) is 7.11 Å². The number of benzene rings is 1. The summed E-state index contributed by atoms with van der Waals surface area (Å²) < 4.78 is 10.4. The second kappa shape index (κ2) is 6.45. The third kappa shape index (κ3) is 3.62. The average Bonchev–Trinajstić information content (AvgIpc) is 2.88. The predicted molar refractivity (Wildman–Crippen MR) is 72.7 cm³/mol. The van der Waals surface area contributed by atoms with Gasteiger partial charge >= 0.3 is 0 Å². The number of hydrogen-bond donors (Lipinski definition) is 1. The van der Waals surface area contributed by atoms with Crippen LogP contribution in [0.5, 0.6) is 0 Å². The van der Waals surface area contributed by atoms with Crippen LogP contribution in [0.1, 0.15) is 18.3 Å². The first kappa shape index (κ1) is 13.7. The summed E-state index contributed by atoms with van der Waals surface area (Å²) in [5.41, 5.74) is 7.65. The molecule has 1 unspecified atom stereocenters. The van der Waals surface area contributed by atoms with Gasteiger partial charge in [0.05, 0.1) is 6.10 Å². The van der Waals surface area contributed by atoms with Gasteiger partial charge in [-0.25, -0.2) is 0 Å². The number of hydrogen-bond acceptors (Lipinski definition) is 5. The molecule has 0 aliphatic carbocycles. The number of nitrogens with zero attached hydrogens (tertiary/aromatic N) is 2. The lowest BCUT2D eigenvalue weighted by Crippen LogP contribution is -2.09. The zero-order valence-electron chi connectivity index (χ0n) is 11.3. The Morgan fingerprint density at radius 2 is 2.05 bits per heavy atom. The molecule has 2 rings (SSSR count). The fourth-order valence-electron chi connectivity index (χ4n) is 1.78. The maximum atomic E-state index is 5.52. The molecule has 0 amide bonds. The number of ether oxygens (including phenoxy) is 1. The van der Waals surface area contributed by atoms with Gasteiger partial charge in [-0.15, -0.1) is 0 Å². The van der Waals surface area contributed by atoms with Crippen molar-refractivity contribution in [3.8, 4) is 11.5 Å². The number of methoxy groups -OCH3 is 1. The highest BCUT2D eigenvalue weighted by Crippen LogP contribution is 2.18. The van der Waals surface area contributed by atoms with Gasteiger partial charge in [-0.3, -0.25) is 0 Å². The molecule has 5 nitrogen and oxygen atoms in total. The quantitative estimate of drug-likeness (QED) is 0.858. The van der Waals surface area contributed by atoms with Crippen LogP contribution in [0, 0.1) is 0 Å². The molecule has 102 valence electrons. The molecule has 0 spiro atoms. The Bertz CT molecular complexity index is 508. The van der Waals surface area contributed by atoms with Gasteiger partial charge in [0.2, 0.25) is 0 Å². The van der Waals surface area contributed by atoms with Crippen molar-refractivity contribution < 1.29 is 9.26 Å². The Morgan fingerprint density at radius 1 is 1.32 bits per heavy atom. The van der Waals surface area contributed by atoms with Gasteiger partial charge in [0.15, 0.2) is 5.82 Å². The Kier molecular flexibility index (Phi) is 4.65. The van der Waals surface area contributed by atoms with E-state index < -0.39 is 0 Å². The van der Waals surface area contributed by atoms with E-state index in [-0.39, 0.29) is 6.10 Å². The molecule has 0 aliphatic rings. The third-order valence-corrected chi connectivity index (χ3v) is 2.97. The van der Waals surface area contributed by atoms with E-state index in [0.29, 0.717) is 24.7 Å². The van der Waals surface area contributed by atoms with E-state index >= 15 is 0 Å². The van der Waals surface area contributed by atoms with Crippen LogP contribution in [0.3, 0.4) is 0 Å². The first-order valence-corrected chi connectivity index (χ1v) is 6.37. The SMILES string of the molecule is COC(C)Cc1noc(-c2ccc(CCN)cc2)n1. The Morgan fingerprint density at radius 3 is 2.68 bits per heavy atom. The summed E-state index contributed by atoms with van der Waals surface area (Å²) in [6.07, 6.45) is 1.60. The highest BCUT2D eigenvalue weighted by atomic mass is 16.5. The molecule has 1 atom stereocenters. The standard InChI is InChI=1S/C14H19N3O2/c1-10(18-2)9-13-16-14(19-17-13)12-5-3-11(4-6-12)7-8-15/h3-6,10H,7-9,15H2,1-2H3. The van der Waals surface area contributed by atoms with Crippen LogP contribution >= 0.6 is 0 Å². The molecule has 1 aromatic heterocycles. The minimum atomic E-state index is 0.0809. The van der Waals surface area contributed by atoms with Gasteiger partial charge < -0.3 is 15.0 Å². The normalized spacial score (nSPS) is 12.6.